The Morgan fingerprint density at radius 2 is 1.76 bits per heavy atom. The standard InChI is InChI=1S/C37H65BN6O10/c1-13-28-37(8,49)32(47)23(4)29(40-51-17-16-42(9)10)21(2)19-36(7,50-12)33(24(5)30(45)25(6)34(48)53-28)54-35-31(46)27(18-22(3)52-35)43(11)15-14-26-20-44(38)41-39-26/h20-25,27-28,31-33,35,46-47,49H,13-19H2,1-12H3/b40-29+/t21-,22-,23+,24+,25-,27+,28-,31-,32-,33-,35+,36-,37-/m1/s1. The lowest BCUT2D eigenvalue weighted by Gasteiger charge is -2.47. The number of Topliss-reactive ketones (excluding diaryl/α,β-unsaturated/α-hetero) is 1. The van der Waals surface area contributed by atoms with Gasteiger partial charge >= 0.3 is 5.97 Å². The fourth-order valence-corrected chi connectivity index (χ4v) is 7.77. The number of carbonyl (C=O) groups is 2. The van der Waals surface area contributed by atoms with Gasteiger partial charge in [0.05, 0.1) is 35.3 Å². The SMILES string of the molecule is [B]n1cc(CCN(C)[C@H]2C[C@@H](C)O[C@@H](O[C@@H]3[C@@H](C)C(=O)[C@@H](C)C(=O)O[C@H](CC)[C@@](C)(O)[C@H](O)[C@@H](C)/C(=N/OCCN(C)C)[C@H](C)C[C@@]3(C)OC)[C@@H]2O)nn1. The molecule has 0 aromatic carbocycles. The Labute approximate surface area is 322 Å². The smallest absolute Gasteiger partial charge is 0.316 e. The largest absolute Gasteiger partial charge is 0.459 e. The first kappa shape index (κ1) is 45.9. The molecule has 0 saturated carbocycles. The summed E-state index contributed by atoms with van der Waals surface area (Å²) >= 11 is 0. The minimum atomic E-state index is -1.90. The number of ketones is 1. The summed E-state index contributed by atoms with van der Waals surface area (Å²) in [7, 11) is 12.9. The Kier molecular flexibility index (Phi) is 16.6. The highest BCUT2D eigenvalue weighted by Gasteiger charge is 2.51. The van der Waals surface area contributed by atoms with Crippen molar-refractivity contribution < 1.29 is 48.7 Å². The number of hydrogen-bond donors (Lipinski definition) is 3. The molecule has 17 heteroatoms. The topological polar surface area (TPSA) is 191 Å². The van der Waals surface area contributed by atoms with Crippen molar-refractivity contribution in [1.29, 1.82) is 0 Å². The molecular weight excluding hydrogens is 699 g/mol. The minimum absolute atomic E-state index is 0.172. The van der Waals surface area contributed by atoms with Gasteiger partial charge in [-0.15, -0.1) is 5.10 Å². The fraction of sp³-hybridized carbons (Fsp3) is 0.865. The van der Waals surface area contributed by atoms with E-state index in [9.17, 15) is 24.9 Å². The molecule has 2 fully saturated rings. The number of aliphatic hydroxyl groups excluding tert-OH is 2. The molecule has 3 rings (SSSR count). The summed E-state index contributed by atoms with van der Waals surface area (Å²) in [6, 6.07) is -0.378. The van der Waals surface area contributed by atoms with Crippen LogP contribution in [0.2, 0.25) is 0 Å². The lowest BCUT2D eigenvalue weighted by molar-refractivity contribution is -0.295. The maximum absolute atomic E-state index is 14.2. The Balaban J connectivity index is 2.06. The summed E-state index contributed by atoms with van der Waals surface area (Å²) in [5.41, 5.74) is -2.00. The highest BCUT2D eigenvalue weighted by molar-refractivity contribution is 6.05. The van der Waals surface area contributed by atoms with E-state index in [4.69, 9.17) is 31.8 Å². The first-order valence-corrected chi connectivity index (χ1v) is 19.1. The second kappa shape index (κ2) is 19.6. The van der Waals surface area contributed by atoms with Crippen molar-refractivity contribution >= 4 is 25.4 Å². The van der Waals surface area contributed by atoms with Crippen molar-refractivity contribution in [3.63, 3.8) is 0 Å². The predicted octanol–water partition coefficient (Wildman–Crippen LogP) is 1.22. The number of methoxy groups -OCH3 is 1. The molecule has 13 atom stereocenters. The molecular formula is C37H65BN6O10. The number of nitrogens with zero attached hydrogens (tertiary/aromatic N) is 6. The molecule has 2 saturated heterocycles. The average molecular weight is 765 g/mol. The summed E-state index contributed by atoms with van der Waals surface area (Å²) in [5, 5.41) is 47.6. The molecule has 1 aromatic rings. The third kappa shape index (κ3) is 11.1. The van der Waals surface area contributed by atoms with Crippen LogP contribution in [0.4, 0.5) is 0 Å². The van der Waals surface area contributed by atoms with Crippen LogP contribution in [0, 0.1) is 23.7 Å². The predicted molar refractivity (Wildman–Crippen MR) is 202 cm³/mol. The Morgan fingerprint density at radius 1 is 1.09 bits per heavy atom. The number of carbonyl (C=O) groups excluding carboxylic acids is 2. The third-order valence-electron chi connectivity index (χ3n) is 11.3. The van der Waals surface area contributed by atoms with Crippen molar-refractivity contribution in [2.45, 2.75) is 135 Å². The van der Waals surface area contributed by atoms with Crippen molar-refractivity contribution in [3.8, 4) is 0 Å². The number of esters is 1. The zero-order chi connectivity index (χ0) is 40.7. The highest BCUT2D eigenvalue weighted by atomic mass is 16.7. The quantitative estimate of drug-likeness (QED) is 0.0906. The van der Waals surface area contributed by atoms with E-state index in [1.54, 1.807) is 33.9 Å². The number of rotatable bonds is 12. The molecule has 2 radical (unpaired) electrons. The van der Waals surface area contributed by atoms with Gasteiger partial charge in [0.2, 0.25) is 0 Å². The van der Waals surface area contributed by atoms with E-state index in [1.165, 1.54) is 21.0 Å². The van der Waals surface area contributed by atoms with Crippen LogP contribution in [0.15, 0.2) is 11.4 Å². The maximum atomic E-state index is 14.2. The van der Waals surface area contributed by atoms with Gasteiger partial charge in [-0.2, -0.15) is 0 Å². The van der Waals surface area contributed by atoms with Crippen LogP contribution in [-0.4, -0.2) is 167 Å². The Bertz CT molecular complexity index is 1400. The average Bonchev–Trinajstić information content (AvgIpc) is 3.54. The van der Waals surface area contributed by atoms with Gasteiger partial charge in [0.25, 0.3) is 7.98 Å². The van der Waals surface area contributed by atoms with Crippen LogP contribution in [0.3, 0.4) is 0 Å². The number of aromatic nitrogens is 3. The molecule has 0 amide bonds. The molecule has 3 heterocycles. The maximum Gasteiger partial charge on any atom is 0.316 e. The zero-order valence-corrected chi connectivity index (χ0v) is 34.3. The van der Waals surface area contributed by atoms with Crippen LogP contribution in [0.5, 0.6) is 0 Å². The van der Waals surface area contributed by atoms with Crippen molar-refractivity contribution in [1.82, 2.24) is 24.7 Å². The van der Waals surface area contributed by atoms with Crippen molar-refractivity contribution in [2.75, 3.05) is 47.9 Å². The molecule has 0 bridgehead atoms. The zero-order valence-electron chi connectivity index (χ0n) is 34.3. The van der Waals surface area contributed by atoms with E-state index in [1.807, 2.05) is 44.8 Å². The summed E-state index contributed by atoms with van der Waals surface area (Å²) in [5.74, 6) is -4.76. The molecule has 2 aliphatic heterocycles. The van der Waals surface area contributed by atoms with E-state index in [-0.39, 0.29) is 31.6 Å². The summed E-state index contributed by atoms with van der Waals surface area (Å²) in [6.07, 6.45) is -3.16. The monoisotopic (exact) mass is 764 g/mol. The van der Waals surface area contributed by atoms with Gasteiger partial charge in [0, 0.05) is 56.6 Å². The second-order valence-corrected chi connectivity index (χ2v) is 16.1. The number of cyclic esters (lactones) is 1. The Hall–Kier alpha value is -2.51. The first-order valence-electron chi connectivity index (χ1n) is 19.1. The molecule has 2 aliphatic rings. The molecule has 306 valence electrons. The van der Waals surface area contributed by atoms with E-state index >= 15 is 0 Å². The molecule has 1 aromatic heterocycles. The van der Waals surface area contributed by atoms with Gasteiger partial charge in [-0.1, -0.05) is 38.1 Å². The van der Waals surface area contributed by atoms with E-state index < -0.39 is 77.3 Å². The fourth-order valence-electron chi connectivity index (χ4n) is 7.77. The van der Waals surface area contributed by atoms with Gasteiger partial charge in [-0.05, 0) is 68.1 Å². The van der Waals surface area contributed by atoms with Gasteiger partial charge in [-0.3, -0.25) is 9.59 Å². The molecule has 3 N–H and O–H groups in total. The van der Waals surface area contributed by atoms with E-state index in [0.717, 1.165) is 4.59 Å². The second-order valence-electron chi connectivity index (χ2n) is 16.1. The van der Waals surface area contributed by atoms with Crippen LogP contribution >= 0.6 is 0 Å². The van der Waals surface area contributed by atoms with Crippen molar-refractivity contribution in [2.24, 2.45) is 28.8 Å². The number of hydrogen-bond acceptors (Lipinski definition) is 15. The van der Waals surface area contributed by atoms with Gasteiger partial charge < -0.3 is 53.5 Å². The third-order valence-corrected chi connectivity index (χ3v) is 11.3. The summed E-state index contributed by atoms with van der Waals surface area (Å²) < 4.78 is 26.1. The highest BCUT2D eigenvalue weighted by Crippen LogP contribution is 2.38. The number of oxime groups is 1. The summed E-state index contributed by atoms with van der Waals surface area (Å²) in [6.45, 7) is 15.0. The molecule has 0 spiro atoms. The minimum Gasteiger partial charge on any atom is -0.459 e. The van der Waals surface area contributed by atoms with Crippen LogP contribution in [-0.2, 0) is 39.8 Å². The number of ether oxygens (including phenoxy) is 4. The Morgan fingerprint density at radius 3 is 2.33 bits per heavy atom. The van der Waals surface area contributed by atoms with E-state index in [2.05, 4.69) is 15.5 Å². The van der Waals surface area contributed by atoms with Gasteiger partial charge in [0.1, 0.15) is 30.3 Å². The molecule has 0 aliphatic carbocycles. The van der Waals surface area contributed by atoms with Crippen LogP contribution < -0.4 is 0 Å². The number of likely N-dealkylation sites (N-methyl/N-ethyl adjacent to an activating group) is 2. The molecule has 54 heavy (non-hydrogen) atoms. The lowest BCUT2D eigenvalue weighted by atomic mass is 9.74. The first-order chi connectivity index (χ1) is 25.2. The molecule has 0 unspecified atom stereocenters. The van der Waals surface area contributed by atoms with Crippen LogP contribution in [0.25, 0.3) is 0 Å². The molecule has 16 nitrogen and oxygen atoms in total. The van der Waals surface area contributed by atoms with Crippen molar-refractivity contribution in [3.05, 3.63) is 11.9 Å². The van der Waals surface area contributed by atoms with Crippen LogP contribution in [0.1, 0.15) is 80.3 Å². The van der Waals surface area contributed by atoms with E-state index in [0.29, 0.717) is 37.3 Å². The summed E-state index contributed by atoms with van der Waals surface area (Å²) in [4.78, 5) is 37.6. The van der Waals surface area contributed by atoms with Gasteiger partial charge in [-0.25, -0.2) is 0 Å². The number of aliphatic hydroxyl groups is 3. The van der Waals surface area contributed by atoms with Gasteiger partial charge in [0.15, 0.2) is 12.1 Å². The normalized spacial score (nSPS) is 38.5. The lowest BCUT2D eigenvalue weighted by Crippen LogP contribution is -2.60.